The van der Waals surface area contributed by atoms with Crippen LogP contribution in [0.3, 0.4) is 0 Å². The van der Waals surface area contributed by atoms with Crippen LogP contribution in [0, 0.1) is 0 Å². The van der Waals surface area contributed by atoms with Gasteiger partial charge in [-0.25, -0.2) is 0 Å². The lowest BCUT2D eigenvalue weighted by molar-refractivity contribution is -0.132. The average Bonchev–Trinajstić information content (AvgIpc) is 2.77. The lowest BCUT2D eigenvalue weighted by atomic mass is 9.86. The Kier molecular flexibility index (Phi) is 4.64. The number of ether oxygens (including phenoxy) is 1. The molecule has 0 saturated carbocycles. The molecule has 0 aromatic heterocycles. The summed E-state index contributed by atoms with van der Waals surface area (Å²) < 4.78 is 6.04. The Morgan fingerprint density at radius 3 is 2.07 bits per heavy atom. The number of carbonyl (C=O) groups is 1. The molecule has 29 heavy (non-hydrogen) atoms. The molecule has 0 spiro atoms. The highest BCUT2D eigenvalue weighted by Gasteiger charge is 2.36. The Labute approximate surface area is 175 Å². The van der Waals surface area contributed by atoms with Crippen LogP contribution in [0.25, 0.3) is 0 Å². The summed E-state index contributed by atoms with van der Waals surface area (Å²) in [7, 11) is 0. The number of amides is 1. The van der Waals surface area contributed by atoms with Crippen molar-refractivity contribution in [2.75, 3.05) is 31.1 Å². The predicted molar refractivity (Wildman–Crippen MR) is 115 cm³/mol. The average molecular weight is 405 g/mol. The topological polar surface area (TPSA) is 32.8 Å². The molecule has 146 valence electrons. The SMILES string of the molecule is O=C(C1c2ccccc2Oc2ccccc21)N1CCN(c2cccc(Cl)c2)CC1. The van der Waals surface area contributed by atoms with E-state index in [2.05, 4.69) is 11.0 Å². The number of para-hydroxylation sites is 2. The molecule has 0 aliphatic carbocycles. The van der Waals surface area contributed by atoms with Crippen molar-refractivity contribution < 1.29 is 9.53 Å². The Balaban J connectivity index is 1.39. The first-order valence-electron chi connectivity index (χ1n) is 9.86. The molecule has 0 atom stereocenters. The van der Waals surface area contributed by atoms with Gasteiger partial charge in [-0.05, 0) is 30.3 Å². The minimum atomic E-state index is -0.325. The second-order valence-electron chi connectivity index (χ2n) is 7.40. The third-order valence-electron chi connectivity index (χ3n) is 5.69. The van der Waals surface area contributed by atoms with Gasteiger partial charge in [-0.1, -0.05) is 54.1 Å². The largest absolute Gasteiger partial charge is 0.457 e. The number of nitrogens with zero attached hydrogens (tertiary/aromatic N) is 2. The summed E-state index contributed by atoms with van der Waals surface area (Å²) in [4.78, 5) is 17.9. The van der Waals surface area contributed by atoms with Gasteiger partial charge >= 0.3 is 0 Å². The van der Waals surface area contributed by atoms with Gasteiger partial charge in [-0.3, -0.25) is 4.79 Å². The zero-order valence-corrected chi connectivity index (χ0v) is 16.7. The fourth-order valence-corrected chi connectivity index (χ4v) is 4.40. The summed E-state index contributed by atoms with van der Waals surface area (Å²) in [6, 6.07) is 23.6. The molecule has 0 unspecified atom stereocenters. The van der Waals surface area contributed by atoms with Crippen molar-refractivity contribution in [3.05, 3.63) is 88.9 Å². The smallest absolute Gasteiger partial charge is 0.234 e. The van der Waals surface area contributed by atoms with Gasteiger partial charge in [0.15, 0.2) is 0 Å². The first kappa shape index (κ1) is 18.1. The van der Waals surface area contributed by atoms with Crippen molar-refractivity contribution in [2.45, 2.75) is 5.92 Å². The number of hydrogen-bond donors (Lipinski definition) is 0. The van der Waals surface area contributed by atoms with E-state index in [1.54, 1.807) is 0 Å². The number of hydrogen-bond acceptors (Lipinski definition) is 3. The maximum absolute atomic E-state index is 13.6. The first-order chi connectivity index (χ1) is 14.2. The summed E-state index contributed by atoms with van der Waals surface area (Å²) in [6.45, 7) is 2.96. The standard InChI is InChI=1S/C24H21ClN2O2/c25-17-6-5-7-18(16-17)26-12-14-27(15-13-26)24(28)23-19-8-1-3-10-21(19)29-22-11-4-2-9-20(22)23/h1-11,16,23H,12-15H2. The van der Waals surface area contributed by atoms with E-state index in [-0.39, 0.29) is 11.8 Å². The molecular formula is C24H21ClN2O2. The van der Waals surface area contributed by atoms with Gasteiger partial charge in [-0.15, -0.1) is 0 Å². The highest BCUT2D eigenvalue weighted by Crippen LogP contribution is 2.44. The summed E-state index contributed by atoms with van der Waals surface area (Å²) in [6.07, 6.45) is 0. The van der Waals surface area contributed by atoms with Crippen LogP contribution in [-0.2, 0) is 4.79 Å². The van der Waals surface area contributed by atoms with Crippen molar-refractivity contribution in [1.82, 2.24) is 4.90 Å². The van der Waals surface area contributed by atoms with Gasteiger partial charge in [-0.2, -0.15) is 0 Å². The quantitative estimate of drug-likeness (QED) is 0.607. The number of piperazine rings is 1. The zero-order chi connectivity index (χ0) is 19.8. The lowest BCUT2D eigenvalue weighted by Crippen LogP contribution is -2.50. The number of carbonyl (C=O) groups excluding carboxylic acids is 1. The first-order valence-corrected chi connectivity index (χ1v) is 10.2. The number of benzene rings is 3. The Bertz CT molecular complexity index is 1010. The monoisotopic (exact) mass is 404 g/mol. The van der Waals surface area contributed by atoms with Crippen LogP contribution in [0.4, 0.5) is 5.69 Å². The molecule has 3 aromatic rings. The maximum atomic E-state index is 13.6. The van der Waals surface area contributed by atoms with Crippen molar-refractivity contribution >= 4 is 23.2 Å². The minimum absolute atomic E-state index is 0.138. The normalized spacial score (nSPS) is 16.0. The van der Waals surface area contributed by atoms with E-state index < -0.39 is 0 Å². The molecule has 3 aromatic carbocycles. The lowest BCUT2D eigenvalue weighted by Gasteiger charge is -2.38. The molecule has 1 amide bonds. The molecule has 5 rings (SSSR count). The number of fused-ring (bicyclic) bond motifs is 2. The number of halogens is 1. The van der Waals surface area contributed by atoms with Crippen LogP contribution in [0.5, 0.6) is 11.5 Å². The molecule has 0 radical (unpaired) electrons. The van der Waals surface area contributed by atoms with Crippen LogP contribution >= 0.6 is 11.6 Å². The Morgan fingerprint density at radius 1 is 0.828 bits per heavy atom. The van der Waals surface area contributed by atoms with Gasteiger partial charge in [0.1, 0.15) is 11.5 Å². The zero-order valence-electron chi connectivity index (χ0n) is 15.9. The molecular weight excluding hydrogens is 384 g/mol. The van der Waals surface area contributed by atoms with Crippen LogP contribution in [0.1, 0.15) is 17.0 Å². The fraction of sp³-hybridized carbons (Fsp3) is 0.208. The minimum Gasteiger partial charge on any atom is -0.457 e. The highest BCUT2D eigenvalue weighted by atomic mass is 35.5. The highest BCUT2D eigenvalue weighted by molar-refractivity contribution is 6.30. The van der Waals surface area contributed by atoms with Gasteiger partial charge in [0.05, 0.1) is 5.92 Å². The third kappa shape index (κ3) is 3.34. The second kappa shape index (κ2) is 7.45. The van der Waals surface area contributed by atoms with Gasteiger partial charge in [0.25, 0.3) is 0 Å². The van der Waals surface area contributed by atoms with Gasteiger partial charge in [0, 0.05) is 48.0 Å². The molecule has 5 heteroatoms. The van der Waals surface area contributed by atoms with Crippen molar-refractivity contribution in [3.63, 3.8) is 0 Å². The van der Waals surface area contributed by atoms with Gasteiger partial charge < -0.3 is 14.5 Å². The Hall–Kier alpha value is -2.98. The number of rotatable bonds is 2. The van der Waals surface area contributed by atoms with E-state index in [1.807, 2.05) is 71.6 Å². The van der Waals surface area contributed by atoms with Gasteiger partial charge in [0.2, 0.25) is 5.91 Å². The maximum Gasteiger partial charge on any atom is 0.234 e. The predicted octanol–water partition coefficient (Wildman–Crippen LogP) is 4.93. The van der Waals surface area contributed by atoms with Crippen molar-refractivity contribution in [1.29, 1.82) is 0 Å². The van der Waals surface area contributed by atoms with E-state index >= 15 is 0 Å². The fourth-order valence-electron chi connectivity index (χ4n) is 4.22. The van der Waals surface area contributed by atoms with Crippen LogP contribution < -0.4 is 9.64 Å². The van der Waals surface area contributed by atoms with E-state index in [4.69, 9.17) is 16.3 Å². The van der Waals surface area contributed by atoms with E-state index in [9.17, 15) is 4.79 Å². The molecule has 2 heterocycles. The summed E-state index contributed by atoms with van der Waals surface area (Å²) in [5, 5.41) is 0.733. The molecule has 1 fully saturated rings. The van der Waals surface area contributed by atoms with E-state index in [0.29, 0.717) is 13.1 Å². The van der Waals surface area contributed by atoms with Crippen LogP contribution in [-0.4, -0.2) is 37.0 Å². The Morgan fingerprint density at radius 2 is 1.45 bits per heavy atom. The van der Waals surface area contributed by atoms with E-state index in [1.165, 1.54) is 0 Å². The molecule has 0 N–H and O–H groups in total. The number of anilines is 1. The molecule has 1 saturated heterocycles. The molecule has 4 nitrogen and oxygen atoms in total. The third-order valence-corrected chi connectivity index (χ3v) is 5.93. The molecule has 2 aliphatic heterocycles. The summed E-state index contributed by atoms with van der Waals surface area (Å²) >= 11 is 6.14. The summed E-state index contributed by atoms with van der Waals surface area (Å²) in [5.41, 5.74) is 2.98. The van der Waals surface area contributed by atoms with Crippen molar-refractivity contribution in [3.8, 4) is 11.5 Å². The van der Waals surface area contributed by atoms with Crippen molar-refractivity contribution in [2.24, 2.45) is 0 Å². The molecule has 2 aliphatic rings. The van der Waals surface area contributed by atoms with Crippen LogP contribution in [0.15, 0.2) is 72.8 Å². The summed E-state index contributed by atoms with van der Waals surface area (Å²) in [5.74, 6) is 1.34. The van der Waals surface area contributed by atoms with Crippen LogP contribution in [0.2, 0.25) is 5.02 Å². The molecule has 0 bridgehead atoms. The van der Waals surface area contributed by atoms with E-state index in [0.717, 1.165) is 46.4 Å². The second-order valence-corrected chi connectivity index (χ2v) is 7.84.